The van der Waals surface area contributed by atoms with Crippen molar-refractivity contribution in [3.8, 4) is 10.6 Å². The fourth-order valence-corrected chi connectivity index (χ4v) is 2.78. The Morgan fingerprint density at radius 2 is 2.44 bits per heavy atom. The molecule has 0 saturated heterocycles. The van der Waals surface area contributed by atoms with Crippen LogP contribution in [0.25, 0.3) is 10.6 Å². The summed E-state index contributed by atoms with van der Waals surface area (Å²) in [5.41, 5.74) is 7.41. The zero-order valence-corrected chi connectivity index (χ0v) is 6.13. The van der Waals surface area contributed by atoms with E-state index in [9.17, 15) is 0 Å². The second kappa shape index (κ2) is 1.68. The first-order chi connectivity index (χ1) is 4.38. The van der Waals surface area contributed by atoms with Crippen molar-refractivity contribution in [3.63, 3.8) is 0 Å². The van der Waals surface area contributed by atoms with Gasteiger partial charge in [0.2, 0.25) is 0 Å². The monoisotopic (exact) mass is 156 g/mol. The Bertz CT molecular complexity index is 285. The molecule has 0 atom stereocenters. The summed E-state index contributed by atoms with van der Waals surface area (Å²) in [6.07, 6.45) is 1.70. The maximum atomic E-state index is 5.58. The number of anilines is 1. The standard InChI is InChI=1S/C5H4N2S2/c6-3-1-7-4-2-8-9-5(3)4/h1-2H,6H2. The van der Waals surface area contributed by atoms with Crippen LogP contribution < -0.4 is 5.73 Å². The number of nitrogens with two attached hydrogens (primary N) is 1. The van der Waals surface area contributed by atoms with Crippen LogP contribution in [-0.4, -0.2) is 4.98 Å². The smallest absolute Gasteiger partial charge is 0.0939 e. The van der Waals surface area contributed by atoms with Gasteiger partial charge >= 0.3 is 0 Å². The molecule has 2 rings (SSSR count). The molecule has 2 aliphatic rings. The van der Waals surface area contributed by atoms with E-state index in [1.165, 1.54) is 0 Å². The van der Waals surface area contributed by atoms with Gasteiger partial charge in [-0.05, 0) is 0 Å². The van der Waals surface area contributed by atoms with Gasteiger partial charge in [0.25, 0.3) is 0 Å². The van der Waals surface area contributed by atoms with Crippen LogP contribution in [0.2, 0.25) is 0 Å². The van der Waals surface area contributed by atoms with Crippen molar-refractivity contribution in [1.29, 1.82) is 0 Å². The molecular weight excluding hydrogens is 152 g/mol. The van der Waals surface area contributed by atoms with Gasteiger partial charge < -0.3 is 5.73 Å². The molecule has 0 aromatic carbocycles. The van der Waals surface area contributed by atoms with E-state index in [1.54, 1.807) is 26.9 Å². The topological polar surface area (TPSA) is 38.9 Å². The number of fused-ring (bicyclic) bond motifs is 1. The summed E-state index contributed by atoms with van der Waals surface area (Å²) in [4.78, 5) is 5.20. The maximum Gasteiger partial charge on any atom is 0.0939 e. The molecule has 0 unspecified atom stereocenters. The molecule has 0 fully saturated rings. The van der Waals surface area contributed by atoms with E-state index in [2.05, 4.69) is 4.98 Å². The summed E-state index contributed by atoms with van der Waals surface area (Å²) in [7, 11) is 3.35. The molecular formula is C5H4N2S2. The minimum atomic E-state index is 0.802. The number of hydrogen-bond donors (Lipinski definition) is 1. The third-order valence-corrected chi connectivity index (χ3v) is 3.23. The third-order valence-electron chi connectivity index (χ3n) is 1.13. The predicted octanol–water partition coefficient (Wildman–Crippen LogP) is 1.89. The van der Waals surface area contributed by atoms with E-state index in [1.807, 2.05) is 5.38 Å². The highest BCUT2D eigenvalue weighted by molar-refractivity contribution is 7.70. The molecule has 2 heterocycles. The number of nitrogens with zero attached hydrogens (tertiary/aromatic N) is 1. The maximum absolute atomic E-state index is 5.58. The van der Waals surface area contributed by atoms with Gasteiger partial charge in [0.05, 0.1) is 22.5 Å². The summed E-state index contributed by atoms with van der Waals surface area (Å²) < 4.78 is 0. The van der Waals surface area contributed by atoms with E-state index in [-0.39, 0.29) is 0 Å². The molecule has 46 valence electrons. The summed E-state index contributed by atoms with van der Waals surface area (Å²) in [6, 6.07) is 0. The first-order valence-electron chi connectivity index (χ1n) is 2.45. The van der Waals surface area contributed by atoms with Crippen molar-refractivity contribution in [2.24, 2.45) is 0 Å². The largest absolute Gasteiger partial charge is 0.396 e. The lowest BCUT2D eigenvalue weighted by molar-refractivity contribution is 1.43. The van der Waals surface area contributed by atoms with Gasteiger partial charge in [-0.25, -0.2) is 0 Å². The molecule has 0 aliphatic carbocycles. The van der Waals surface area contributed by atoms with Crippen molar-refractivity contribution in [3.05, 3.63) is 11.6 Å². The quantitative estimate of drug-likeness (QED) is 0.591. The Balaban J connectivity index is 2.79. The van der Waals surface area contributed by atoms with E-state index >= 15 is 0 Å². The number of rotatable bonds is 0. The van der Waals surface area contributed by atoms with Crippen molar-refractivity contribution in [2.45, 2.75) is 0 Å². The Morgan fingerprint density at radius 3 is 3.22 bits per heavy atom. The number of aromatic nitrogens is 1. The molecule has 2 aliphatic heterocycles. The van der Waals surface area contributed by atoms with Gasteiger partial charge in [-0.3, -0.25) is 4.98 Å². The SMILES string of the molecule is Nc1cnc2cssc1-2. The molecule has 4 heteroatoms. The van der Waals surface area contributed by atoms with Gasteiger partial charge in [-0.15, -0.1) is 0 Å². The zero-order valence-electron chi connectivity index (χ0n) is 4.50. The van der Waals surface area contributed by atoms with Crippen molar-refractivity contribution in [2.75, 3.05) is 5.73 Å². The Labute approximate surface area is 59.7 Å². The van der Waals surface area contributed by atoms with Crippen LogP contribution in [0.4, 0.5) is 5.69 Å². The summed E-state index contributed by atoms with van der Waals surface area (Å²) in [5, 5.41) is 2.01. The average Bonchev–Trinajstić information content (AvgIpc) is 2.35. The van der Waals surface area contributed by atoms with E-state index in [4.69, 9.17) is 5.73 Å². The van der Waals surface area contributed by atoms with Crippen LogP contribution in [0, 0.1) is 0 Å². The first kappa shape index (κ1) is 5.20. The highest BCUT2D eigenvalue weighted by atomic mass is 32.9. The average molecular weight is 156 g/mol. The van der Waals surface area contributed by atoms with Crippen molar-refractivity contribution in [1.82, 2.24) is 4.98 Å². The van der Waals surface area contributed by atoms with Gasteiger partial charge in [0, 0.05) is 5.38 Å². The molecule has 0 amide bonds. The molecule has 9 heavy (non-hydrogen) atoms. The molecule has 0 radical (unpaired) electrons. The Hall–Kier alpha value is -0.610. The second-order valence-corrected chi connectivity index (χ2v) is 3.81. The summed E-state index contributed by atoms with van der Waals surface area (Å²) in [6.45, 7) is 0. The van der Waals surface area contributed by atoms with E-state index < -0.39 is 0 Å². The van der Waals surface area contributed by atoms with Crippen LogP contribution in [0.3, 0.4) is 0 Å². The molecule has 0 spiro atoms. The molecule has 0 aromatic rings. The van der Waals surface area contributed by atoms with Gasteiger partial charge in [0.15, 0.2) is 0 Å². The molecule has 0 saturated carbocycles. The highest BCUT2D eigenvalue weighted by Gasteiger charge is 2.08. The second-order valence-electron chi connectivity index (χ2n) is 1.73. The molecule has 2 nitrogen and oxygen atoms in total. The third kappa shape index (κ3) is 0.635. The Kier molecular flexibility index (Phi) is 0.972. The minimum absolute atomic E-state index is 0.802. The molecule has 0 aromatic heterocycles. The van der Waals surface area contributed by atoms with Crippen molar-refractivity contribution >= 4 is 26.4 Å². The van der Waals surface area contributed by atoms with Gasteiger partial charge in [0.1, 0.15) is 0 Å². The lowest BCUT2D eigenvalue weighted by Gasteiger charge is -1.81. The molecule has 0 bridgehead atoms. The lowest BCUT2D eigenvalue weighted by atomic mass is 10.4. The predicted molar refractivity (Wildman–Crippen MR) is 41.0 cm³/mol. The minimum Gasteiger partial charge on any atom is -0.396 e. The van der Waals surface area contributed by atoms with Crippen LogP contribution in [0.15, 0.2) is 11.6 Å². The summed E-state index contributed by atoms with van der Waals surface area (Å²) in [5.74, 6) is 0. The van der Waals surface area contributed by atoms with Gasteiger partial charge in [-0.1, -0.05) is 20.7 Å². The summed E-state index contributed by atoms with van der Waals surface area (Å²) >= 11 is 0. The van der Waals surface area contributed by atoms with E-state index in [0.29, 0.717) is 0 Å². The van der Waals surface area contributed by atoms with Gasteiger partial charge in [-0.2, -0.15) is 0 Å². The molecule has 2 N–H and O–H groups in total. The fraction of sp³-hybridized carbons (Fsp3) is 0. The van der Waals surface area contributed by atoms with Crippen LogP contribution in [0.5, 0.6) is 0 Å². The number of hydrogen-bond acceptors (Lipinski definition) is 4. The van der Waals surface area contributed by atoms with Crippen LogP contribution >= 0.6 is 20.7 Å². The first-order valence-corrected chi connectivity index (χ1v) is 4.67. The van der Waals surface area contributed by atoms with Crippen molar-refractivity contribution < 1.29 is 0 Å². The number of nitrogen functional groups attached to an aromatic ring is 1. The lowest BCUT2D eigenvalue weighted by Crippen LogP contribution is -1.78. The van der Waals surface area contributed by atoms with Crippen LogP contribution in [0.1, 0.15) is 0 Å². The van der Waals surface area contributed by atoms with E-state index in [0.717, 1.165) is 16.3 Å². The normalized spacial score (nSPS) is 10.7. The zero-order chi connectivity index (χ0) is 6.27. The highest BCUT2D eigenvalue weighted by Crippen LogP contribution is 2.35. The Morgan fingerprint density at radius 1 is 1.56 bits per heavy atom. The fourth-order valence-electron chi connectivity index (χ4n) is 0.697. The van der Waals surface area contributed by atoms with Crippen LogP contribution in [-0.2, 0) is 0 Å².